The summed E-state index contributed by atoms with van der Waals surface area (Å²) in [4.78, 5) is 24.8. The summed E-state index contributed by atoms with van der Waals surface area (Å²) in [5.41, 5.74) is 1.99. The van der Waals surface area contributed by atoms with Crippen LogP contribution in [0.5, 0.6) is 11.5 Å². The highest BCUT2D eigenvalue weighted by atomic mass is 16.6. The van der Waals surface area contributed by atoms with Gasteiger partial charge in [-0.1, -0.05) is 32.0 Å². The Morgan fingerprint density at radius 2 is 1.86 bits per heavy atom. The second-order valence-corrected chi connectivity index (χ2v) is 7.11. The van der Waals surface area contributed by atoms with Gasteiger partial charge in [0.25, 0.3) is 0 Å². The van der Waals surface area contributed by atoms with Gasteiger partial charge >= 0.3 is 5.76 Å². The minimum Gasteiger partial charge on any atom is -0.486 e. The summed E-state index contributed by atoms with van der Waals surface area (Å²) >= 11 is 0. The van der Waals surface area contributed by atoms with Crippen molar-refractivity contribution in [2.45, 2.75) is 26.4 Å². The Morgan fingerprint density at radius 1 is 1.11 bits per heavy atom. The van der Waals surface area contributed by atoms with Gasteiger partial charge in [-0.15, -0.1) is 0 Å². The van der Waals surface area contributed by atoms with Crippen molar-refractivity contribution in [1.82, 2.24) is 9.88 Å². The molecule has 1 atom stereocenters. The van der Waals surface area contributed by atoms with Gasteiger partial charge in [0.15, 0.2) is 17.1 Å². The number of carbonyl (C=O) groups is 1. The molecule has 1 aliphatic rings. The second kappa shape index (κ2) is 7.42. The monoisotopic (exact) mass is 382 g/mol. The molecule has 0 aliphatic carbocycles. The minimum absolute atomic E-state index is 0.108. The maximum atomic E-state index is 12.7. The molecule has 1 amide bonds. The molecule has 1 N–H and O–H groups in total. The molecule has 0 radical (unpaired) electrons. The van der Waals surface area contributed by atoms with Crippen LogP contribution in [0.3, 0.4) is 0 Å². The Labute approximate surface area is 161 Å². The van der Waals surface area contributed by atoms with Crippen molar-refractivity contribution >= 4 is 17.0 Å². The van der Waals surface area contributed by atoms with Crippen LogP contribution in [0, 0.1) is 5.92 Å². The Bertz CT molecular complexity index is 1070. The lowest BCUT2D eigenvalue weighted by Gasteiger charge is -2.25. The summed E-state index contributed by atoms with van der Waals surface area (Å²) in [6.07, 6.45) is 0. The molecule has 146 valence electrons. The molecule has 4 rings (SSSR count). The molecule has 7 nitrogen and oxygen atoms in total. The predicted molar refractivity (Wildman–Crippen MR) is 104 cm³/mol. The number of carbonyl (C=O) groups excluding carboxylic acids is 1. The molecule has 2 aromatic carbocycles. The van der Waals surface area contributed by atoms with Crippen molar-refractivity contribution < 1.29 is 18.7 Å². The number of nitrogens with one attached hydrogen (secondary N) is 1. The van der Waals surface area contributed by atoms with Gasteiger partial charge < -0.3 is 19.2 Å². The van der Waals surface area contributed by atoms with Gasteiger partial charge in [-0.2, -0.15) is 0 Å². The number of oxazole rings is 1. The Hall–Kier alpha value is -3.22. The fourth-order valence-electron chi connectivity index (χ4n) is 3.41. The van der Waals surface area contributed by atoms with Crippen molar-refractivity contribution in [3.8, 4) is 11.5 Å². The third kappa shape index (κ3) is 3.47. The molecule has 1 aliphatic heterocycles. The zero-order valence-electron chi connectivity index (χ0n) is 15.8. The largest absolute Gasteiger partial charge is 0.486 e. The van der Waals surface area contributed by atoms with E-state index in [4.69, 9.17) is 13.9 Å². The van der Waals surface area contributed by atoms with Gasteiger partial charge in [-0.25, -0.2) is 4.79 Å². The fourth-order valence-corrected chi connectivity index (χ4v) is 3.41. The molecule has 3 aromatic rings. The quantitative estimate of drug-likeness (QED) is 0.734. The van der Waals surface area contributed by atoms with E-state index in [0.717, 1.165) is 5.56 Å². The highest BCUT2D eigenvalue weighted by Crippen LogP contribution is 2.34. The van der Waals surface area contributed by atoms with Crippen LogP contribution in [0.4, 0.5) is 0 Å². The van der Waals surface area contributed by atoms with E-state index < -0.39 is 5.76 Å². The van der Waals surface area contributed by atoms with E-state index in [2.05, 4.69) is 5.32 Å². The number of fused-ring (bicyclic) bond motifs is 2. The van der Waals surface area contributed by atoms with Crippen molar-refractivity contribution in [1.29, 1.82) is 0 Å². The number of aromatic nitrogens is 1. The predicted octanol–water partition coefficient (Wildman–Crippen LogP) is 2.88. The molecule has 28 heavy (non-hydrogen) atoms. The van der Waals surface area contributed by atoms with Crippen LogP contribution in [-0.4, -0.2) is 23.7 Å². The van der Waals surface area contributed by atoms with Crippen LogP contribution >= 0.6 is 0 Å². The van der Waals surface area contributed by atoms with E-state index in [1.54, 1.807) is 24.3 Å². The molecule has 1 aromatic heterocycles. The van der Waals surface area contributed by atoms with E-state index in [1.165, 1.54) is 4.57 Å². The smallest absolute Gasteiger partial charge is 0.420 e. The third-order valence-electron chi connectivity index (χ3n) is 4.78. The first-order valence-corrected chi connectivity index (χ1v) is 9.30. The second-order valence-electron chi connectivity index (χ2n) is 7.11. The lowest BCUT2D eigenvalue weighted by molar-refractivity contribution is -0.122. The topological polar surface area (TPSA) is 82.7 Å². The highest BCUT2D eigenvalue weighted by molar-refractivity contribution is 5.79. The normalized spacial score (nSPS) is 14.2. The van der Waals surface area contributed by atoms with E-state index in [1.807, 2.05) is 32.0 Å². The summed E-state index contributed by atoms with van der Waals surface area (Å²) in [7, 11) is 0. The van der Waals surface area contributed by atoms with Crippen molar-refractivity contribution in [2.75, 3.05) is 13.2 Å². The molecule has 0 saturated heterocycles. The first kappa shape index (κ1) is 18.2. The molecule has 2 heterocycles. The van der Waals surface area contributed by atoms with Gasteiger partial charge in [0.2, 0.25) is 5.91 Å². The maximum Gasteiger partial charge on any atom is 0.420 e. The van der Waals surface area contributed by atoms with E-state index >= 15 is 0 Å². The van der Waals surface area contributed by atoms with Crippen LogP contribution in [0.15, 0.2) is 51.7 Å². The first-order chi connectivity index (χ1) is 13.5. The molecule has 0 bridgehead atoms. The van der Waals surface area contributed by atoms with Gasteiger partial charge in [-0.3, -0.25) is 9.36 Å². The number of benzene rings is 2. The van der Waals surface area contributed by atoms with E-state index in [0.29, 0.717) is 35.8 Å². The van der Waals surface area contributed by atoms with Crippen LogP contribution in [0.1, 0.15) is 25.5 Å². The van der Waals surface area contributed by atoms with Gasteiger partial charge in [-0.05, 0) is 35.7 Å². The average Bonchev–Trinajstić information content (AvgIpc) is 3.01. The number of para-hydroxylation sites is 2. The lowest BCUT2D eigenvalue weighted by Crippen LogP contribution is -2.36. The number of rotatable bonds is 5. The van der Waals surface area contributed by atoms with E-state index in [9.17, 15) is 9.59 Å². The number of nitrogens with zero attached hydrogens (tertiary/aromatic N) is 1. The fraction of sp³-hybridized carbons (Fsp3) is 0.333. The molecular weight excluding hydrogens is 360 g/mol. The number of amides is 1. The Balaban J connectivity index is 1.56. The average molecular weight is 382 g/mol. The molecule has 0 fully saturated rings. The summed E-state index contributed by atoms with van der Waals surface area (Å²) in [6.45, 7) is 4.99. The van der Waals surface area contributed by atoms with Crippen LogP contribution < -0.4 is 20.5 Å². The minimum atomic E-state index is -0.545. The van der Waals surface area contributed by atoms with E-state index in [-0.39, 0.29) is 24.4 Å². The van der Waals surface area contributed by atoms with Crippen LogP contribution in [0.25, 0.3) is 11.1 Å². The maximum absolute atomic E-state index is 12.7. The number of ether oxygens (including phenoxy) is 2. The van der Waals surface area contributed by atoms with Crippen LogP contribution in [0.2, 0.25) is 0 Å². The molecule has 0 saturated carbocycles. The number of hydrogen-bond donors (Lipinski definition) is 1. The Morgan fingerprint density at radius 3 is 2.64 bits per heavy atom. The van der Waals surface area contributed by atoms with Gasteiger partial charge in [0.05, 0.1) is 11.6 Å². The van der Waals surface area contributed by atoms with Crippen molar-refractivity contribution in [2.24, 2.45) is 5.92 Å². The zero-order chi connectivity index (χ0) is 19.7. The summed E-state index contributed by atoms with van der Waals surface area (Å²) in [5.74, 6) is 0.726. The highest BCUT2D eigenvalue weighted by Gasteiger charge is 2.22. The van der Waals surface area contributed by atoms with Crippen molar-refractivity contribution in [3.05, 3.63) is 58.6 Å². The van der Waals surface area contributed by atoms with Gasteiger partial charge in [0, 0.05) is 0 Å². The zero-order valence-corrected chi connectivity index (χ0v) is 15.8. The standard InChI is InChI=1S/C21H22N2O5/c1-13(2)20(14-7-8-17-18(11-14)27-10-9-26-17)22-19(24)12-23-15-5-3-4-6-16(15)28-21(23)25/h3-8,11,13,20H,9-10,12H2,1-2H3,(H,22,24)/t20-/m0/s1. The molecular formula is C21H22N2O5. The van der Waals surface area contributed by atoms with Crippen molar-refractivity contribution in [3.63, 3.8) is 0 Å². The summed E-state index contributed by atoms with van der Waals surface area (Å²) in [5, 5.41) is 3.03. The first-order valence-electron chi connectivity index (χ1n) is 9.30. The molecule has 0 unspecified atom stereocenters. The molecule has 0 spiro atoms. The van der Waals surface area contributed by atoms with Gasteiger partial charge in [0.1, 0.15) is 19.8 Å². The SMILES string of the molecule is CC(C)[C@H](NC(=O)Cn1c(=O)oc2ccccc21)c1ccc2c(c1)OCCO2. The third-order valence-corrected chi connectivity index (χ3v) is 4.78. The number of hydrogen-bond acceptors (Lipinski definition) is 5. The summed E-state index contributed by atoms with van der Waals surface area (Å²) in [6, 6.07) is 12.5. The molecule has 7 heteroatoms. The summed E-state index contributed by atoms with van der Waals surface area (Å²) < 4.78 is 17.8. The lowest BCUT2D eigenvalue weighted by atomic mass is 9.95. The van der Waals surface area contributed by atoms with Crippen LogP contribution in [-0.2, 0) is 11.3 Å². The Kier molecular flexibility index (Phi) is 4.81.